The first kappa shape index (κ1) is 16.1. The number of anilines is 1. The Labute approximate surface area is 149 Å². The number of nitrogen functional groups attached to an aromatic ring is 1. The Morgan fingerprint density at radius 2 is 1.92 bits per heavy atom. The minimum Gasteiger partial charge on any atom is -0.454 e. The number of aromatic nitrogens is 1. The minimum absolute atomic E-state index is 0.0115. The molecule has 1 aromatic heterocycles. The van der Waals surface area contributed by atoms with E-state index in [1.54, 1.807) is 6.07 Å². The molecule has 0 fully saturated rings. The molecule has 8 nitrogen and oxygen atoms in total. The van der Waals surface area contributed by atoms with Gasteiger partial charge in [-0.15, -0.1) is 0 Å². The van der Waals surface area contributed by atoms with Crippen LogP contribution in [0.1, 0.15) is 36.1 Å². The number of aryl methyl sites for hydroxylation is 1. The van der Waals surface area contributed by atoms with Crippen LogP contribution < -0.4 is 15.2 Å². The number of pyridine rings is 1. The van der Waals surface area contributed by atoms with Crippen molar-refractivity contribution in [1.82, 2.24) is 4.98 Å². The number of hydrogen-bond acceptors (Lipinski definition) is 7. The van der Waals surface area contributed by atoms with E-state index in [-0.39, 0.29) is 23.9 Å². The first-order valence-electron chi connectivity index (χ1n) is 8.40. The molecule has 2 N–H and O–H groups in total. The number of ether oxygens (including phenoxy) is 2. The summed E-state index contributed by atoms with van der Waals surface area (Å²) >= 11 is 0. The van der Waals surface area contributed by atoms with Gasteiger partial charge in [-0.2, -0.15) is 5.26 Å². The third-order valence-electron chi connectivity index (χ3n) is 4.82. The maximum atomic E-state index is 11.7. The maximum Gasteiger partial charge on any atom is 0.281 e. The predicted octanol–water partition coefficient (Wildman–Crippen LogP) is 3.11. The van der Waals surface area contributed by atoms with Gasteiger partial charge in [0.25, 0.3) is 5.69 Å². The molecule has 132 valence electrons. The summed E-state index contributed by atoms with van der Waals surface area (Å²) in [4.78, 5) is 15.6. The van der Waals surface area contributed by atoms with E-state index in [4.69, 9.17) is 15.2 Å². The molecule has 2 aliphatic rings. The molecule has 26 heavy (non-hydrogen) atoms. The van der Waals surface area contributed by atoms with E-state index < -0.39 is 4.92 Å². The number of nitriles is 1. The summed E-state index contributed by atoms with van der Waals surface area (Å²) in [6.07, 6.45) is 4.42. The Morgan fingerprint density at radius 3 is 2.65 bits per heavy atom. The van der Waals surface area contributed by atoms with Crippen LogP contribution in [-0.4, -0.2) is 16.7 Å². The lowest BCUT2D eigenvalue weighted by atomic mass is 9.90. The fourth-order valence-electron chi connectivity index (χ4n) is 3.63. The molecule has 2 heterocycles. The number of nitrogens with two attached hydrogens (primary N) is 1. The summed E-state index contributed by atoms with van der Waals surface area (Å²) in [7, 11) is 0. The van der Waals surface area contributed by atoms with Crippen LogP contribution in [0.25, 0.3) is 11.1 Å². The Balaban J connectivity index is 2.06. The predicted molar refractivity (Wildman–Crippen MR) is 92.8 cm³/mol. The molecule has 1 aliphatic carbocycles. The highest BCUT2D eigenvalue weighted by Crippen LogP contribution is 2.45. The van der Waals surface area contributed by atoms with Crippen molar-refractivity contribution in [2.24, 2.45) is 0 Å². The summed E-state index contributed by atoms with van der Waals surface area (Å²) in [6, 6.07) is 5.00. The smallest absolute Gasteiger partial charge is 0.281 e. The van der Waals surface area contributed by atoms with Crippen molar-refractivity contribution < 1.29 is 14.4 Å². The van der Waals surface area contributed by atoms with Gasteiger partial charge in [0.1, 0.15) is 17.5 Å². The summed E-state index contributed by atoms with van der Waals surface area (Å²) in [5, 5.41) is 21.4. The number of nitro benzene ring substituents is 1. The number of nitro groups is 1. The topological polar surface area (TPSA) is 124 Å². The summed E-state index contributed by atoms with van der Waals surface area (Å²) < 4.78 is 10.7. The van der Waals surface area contributed by atoms with Crippen LogP contribution in [0, 0.1) is 21.4 Å². The lowest BCUT2D eigenvalue weighted by molar-refractivity contribution is -0.384. The van der Waals surface area contributed by atoms with E-state index >= 15 is 0 Å². The van der Waals surface area contributed by atoms with Crippen LogP contribution in [0.4, 0.5) is 11.5 Å². The van der Waals surface area contributed by atoms with Gasteiger partial charge in [-0.05, 0) is 37.3 Å². The molecule has 0 unspecified atom stereocenters. The normalized spacial score (nSPS) is 15.0. The number of benzene rings is 1. The molecular weight excluding hydrogens is 336 g/mol. The third-order valence-corrected chi connectivity index (χ3v) is 4.82. The van der Waals surface area contributed by atoms with Crippen LogP contribution >= 0.6 is 0 Å². The van der Waals surface area contributed by atoms with Gasteiger partial charge in [0.05, 0.1) is 16.6 Å². The lowest BCUT2D eigenvalue weighted by Crippen LogP contribution is -2.08. The van der Waals surface area contributed by atoms with Crippen molar-refractivity contribution in [3.05, 3.63) is 39.1 Å². The highest BCUT2D eigenvalue weighted by molar-refractivity contribution is 5.86. The number of rotatable bonds is 2. The molecule has 4 rings (SSSR count). The third kappa shape index (κ3) is 2.49. The van der Waals surface area contributed by atoms with E-state index in [1.807, 2.05) is 0 Å². The fraction of sp³-hybridized carbons (Fsp3) is 0.333. The molecule has 0 bridgehead atoms. The lowest BCUT2D eigenvalue weighted by Gasteiger charge is -2.16. The summed E-state index contributed by atoms with van der Waals surface area (Å²) in [5.74, 6) is 0.856. The van der Waals surface area contributed by atoms with Gasteiger partial charge in [-0.3, -0.25) is 10.1 Å². The van der Waals surface area contributed by atoms with Crippen molar-refractivity contribution in [2.75, 3.05) is 12.5 Å². The number of nitrogens with zero attached hydrogens (tertiary/aromatic N) is 3. The van der Waals surface area contributed by atoms with Gasteiger partial charge in [-0.25, -0.2) is 4.98 Å². The Hall–Kier alpha value is -3.34. The van der Waals surface area contributed by atoms with Crippen molar-refractivity contribution in [2.45, 2.75) is 32.1 Å². The molecule has 0 atom stereocenters. The number of hydrogen-bond donors (Lipinski definition) is 1. The van der Waals surface area contributed by atoms with Crippen LogP contribution in [0.3, 0.4) is 0 Å². The Bertz CT molecular complexity index is 965. The van der Waals surface area contributed by atoms with Gasteiger partial charge < -0.3 is 15.2 Å². The molecule has 0 radical (unpaired) electrons. The van der Waals surface area contributed by atoms with Crippen molar-refractivity contribution in [3.8, 4) is 28.7 Å². The van der Waals surface area contributed by atoms with Crippen LogP contribution in [0.15, 0.2) is 12.1 Å². The van der Waals surface area contributed by atoms with E-state index in [0.29, 0.717) is 29.0 Å². The maximum absolute atomic E-state index is 11.7. The zero-order chi connectivity index (χ0) is 18.3. The quantitative estimate of drug-likeness (QED) is 0.500. The van der Waals surface area contributed by atoms with Gasteiger partial charge in [0, 0.05) is 11.3 Å². The average molecular weight is 352 g/mol. The van der Waals surface area contributed by atoms with Crippen LogP contribution in [-0.2, 0) is 12.8 Å². The molecule has 2 aromatic rings. The highest BCUT2D eigenvalue weighted by atomic mass is 16.7. The second-order valence-corrected chi connectivity index (χ2v) is 6.32. The SMILES string of the molecule is N#Cc1c(N)nc2c(c1-c1cc3c(cc1[N+](=O)[O-])OCO3)CCCCC2. The van der Waals surface area contributed by atoms with E-state index in [0.717, 1.165) is 36.9 Å². The molecule has 1 aromatic carbocycles. The first-order chi connectivity index (χ1) is 12.6. The Morgan fingerprint density at radius 1 is 1.19 bits per heavy atom. The van der Waals surface area contributed by atoms with E-state index in [9.17, 15) is 15.4 Å². The largest absolute Gasteiger partial charge is 0.454 e. The van der Waals surface area contributed by atoms with Crippen LogP contribution in [0.5, 0.6) is 11.5 Å². The molecule has 0 amide bonds. The van der Waals surface area contributed by atoms with E-state index in [1.165, 1.54) is 6.07 Å². The average Bonchev–Trinajstić information content (AvgIpc) is 2.96. The zero-order valence-corrected chi connectivity index (χ0v) is 13.9. The highest BCUT2D eigenvalue weighted by Gasteiger charge is 2.29. The Kier molecular flexibility index (Phi) is 3.84. The van der Waals surface area contributed by atoms with Gasteiger partial charge in [-0.1, -0.05) is 6.42 Å². The van der Waals surface area contributed by atoms with Crippen LogP contribution in [0.2, 0.25) is 0 Å². The second kappa shape index (κ2) is 6.19. The van der Waals surface area contributed by atoms with E-state index in [2.05, 4.69) is 11.1 Å². The van der Waals surface area contributed by atoms with Crippen molar-refractivity contribution >= 4 is 11.5 Å². The summed E-state index contributed by atoms with van der Waals surface area (Å²) in [5.41, 5.74) is 8.58. The molecule has 1 aliphatic heterocycles. The van der Waals surface area contributed by atoms with Crippen molar-refractivity contribution in [3.63, 3.8) is 0 Å². The molecule has 0 saturated carbocycles. The molecule has 8 heteroatoms. The minimum atomic E-state index is -0.474. The fourth-order valence-corrected chi connectivity index (χ4v) is 3.63. The first-order valence-corrected chi connectivity index (χ1v) is 8.40. The van der Waals surface area contributed by atoms with Crippen molar-refractivity contribution in [1.29, 1.82) is 5.26 Å². The molecular formula is C18H16N4O4. The van der Waals surface area contributed by atoms with Gasteiger partial charge in [0.2, 0.25) is 6.79 Å². The van der Waals surface area contributed by atoms with Gasteiger partial charge in [0.15, 0.2) is 11.5 Å². The number of fused-ring (bicyclic) bond motifs is 2. The standard InChI is InChI=1S/C18H16N4O4/c19-8-12-17(10-4-2-1-3-5-13(10)21-18(12)20)11-6-15-16(26-9-25-15)7-14(11)22(23)24/h6-7H,1-5,9H2,(H2,20,21). The summed E-state index contributed by atoms with van der Waals surface area (Å²) in [6.45, 7) is 0.0115. The molecule has 0 spiro atoms. The second-order valence-electron chi connectivity index (χ2n) is 6.32. The zero-order valence-electron chi connectivity index (χ0n) is 13.9. The van der Waals surface area contributed by atoms with Gasteiger partial charge >= 0.3 is 0 Å². The monoisotopic (exact) mass is 352 g/mol. The molecule has 0 saturated heterocycles.